The van der Waals surface area contributed by atoms with Gasteiger partial charge in [-0.2, -0.15) is 0 Å². The summed E-state index contributed by atoms with van der Waals surface area (Å²) in [5.74, 6) is 0.206. The Kier molecular flexibility index (Phi) is 4.33. The summed E-state index contributed by atoms with van der Waals surface area (Å²) in [6, 6.07) is 5.56. The summed E-state index contributed by atoms with van der Waals surface area (Å²) in [6.07, 6.45) is 0. The van der Waals surface area contributed by atoms with Gasteiger partial charge in [0.25, 0.3) is 0 Å². The summed E-state index contributed by atoms with van der Waals surface area (Å²) in [5, 5.41) is 9.17. The number of benzene rings is 1. The summed E-state index contributed by atoms with van der Waals surface area (Å²) >= 11 is 0. The van der Waals surface area contributed by atoms with Crippen molar-refractivity contribution >= 4 is 11.7 Å². The van der Waals surface area contributed by atoms with Gasteiger partial charge < -0.3 is 14.9 Å². The number of nitrogens with zero attached hydrogens (tertiary/aromatic N) is 2. The van der Waals surface area contributed by atoms with Crippen LogP contribution in [0.4, 0.5) is 5.69 Å². The Morgan fingerprint density at radius 2 is 2.15 bits per heavy atom. The first-order valence-corrected chi connectivity index (χ1v) is 7.17. The van der Waals surface area contributed by atoms with Crippen molar-refractivity contribution in [1.82, 2.24) is 4.90 Å². The largest absolute Gasteiger partial charge is 0.478 e. The minimum atomic E-state index is -0.853. The van der Waals surface area contributed by atoms with Crippen LogP contribution in [0, 0.1) is 5.92 Å². The van der Waals surface area contributed by atoms with E-state index in [1.165, 1.54) is 5.56 Å². The first kappa shape index (κ1) is 14.9. The second-order valence-electron chi connectivity index (χ2n) is 6.18. The van der Waals surface area contributed by atoms with Crippen LogP contribution in [0.15, 0.2) is 18.2 Å². The second kappa shape index (κ2) is 5.83. The minimum Gasteiger partial charge on any atom is -0.478 e. The van der Waals surface area contributed by atoms with Gasteiger partial charge in [-0.15, -0.1) is 0 Å². The van der Waals surface area contributed by atoms with Crippen molar-refractivity contribution < 1.29 is 9.90 Å². The molecule has 0 amide bonds. The van der Waals surface area contributed by atoms with Gasteiger partial charge in [-0.3, -0.25) is 0 Å². The minimum absolute atomic E-state index is 0.378. The maximum atomic E-state index is 11.2. The van der Waals surface area contributed by atoms with Gasteiger partial charge in [0, 0.05) is 31.2 Å². The zero-order valence-corrected chi connectivity index (χ0v) is 12.8. The van der Waals surface area contributed by atoms with Crippen LogP contribution in [0.25, 0.3) is 0 Å². The van der Waals surface area contributed by atoms with Crippen LogP contribution >= 0.6 is 0 Å². The summed E-state index contributed by atoms with van der Waals surface area (Å²) in [4.78, 5) is 15.6. The SMILES string of the molecule is CC(C)C1CN(CCN(C)C)c2cc(C(=O)O)ccc21. The van der Waals surface area contributed by atoms with E-state index in [2.05, 4.69) is 37.7 Å². The molecule has 1 atom stereocenters. The van der Waals surface area contributed by atoms with E-state index in [1.807, 2.05) is 12.1 Å². The molecule has 0 aromatic heterocycles. The summed E-state index contributed by atoms with van der Waals surface area (Å²) in [6.45, 7) is 7.36. The van der Waals surface area contributed by atoms with E-state index in [4.69, 9.17) is 5.11 Å². The van der Waals surface area contributed by atoms with Crippen molar-refractivity contribution in [2.24, 2.45) is 5.92 Å². The fourth-order valence-electron chi connectivity index (χ4n) is 2.80. The standard InChI is InChI=1S/C16H24N2O2/c1-11(2)14-10-18(8-7-17(3)4)15-9-12(16(19)20)5-6-13(14)15/h5-6,9,11,14H,7-8,10H2,1-4H3,(H,19,20). The monoisotopic (exact) mass is 276 g/mol. The Bertz CT molecular complexity index is 497. The van der Waals surface area contributed by atoms with E-state index < -0.39 is 5.97 Å². The molecule has 0 saturated heterocycles. The Morgan fingerprint density at radius 1 is 1.45 bits per heavy atom. The number of carboxylic acids is 1. The molecular formula is C16H24N2O2. The van der Waals surface area contributed by atoms with Crippen molar-refractivity contribution in [3.63, 3.8) is 0 Å². The highest BCUT2D eigenvalue weighted by molar-refractivity contribution is 5.89. The highest BCUT2D eigenvalue weighted by atomic mass is 16.4. The number of fused-ring (bicyclic) bond motifs is 1. The molecule has 110 valence electrons. The third-order valence-corrected chi connectivity index (χ3v) is 4.06. The molecule has 4 nitrogen and oxygen atoms in total. The maximum Gasteiger partial charge on any atom is 0.335 e. The van der Waals surface area contributed by atoms with Gasteiger partial charge in [-0.05, 0) is 37.7 Å². The fourth-order valence-corrected chi connectivity index (χ4v) is 2.80. The molecule has 0 spiro atoms. The quantitative estimate of drug-likeness (QED) is 0.897. The molecule has 0 bridgehead atoms. The second-order valence-corrected chi connectivity index (χ2v) is 6.18. The molecule has 0 fully saturated rings. The van der Waals surface area contributed by atoms with Crippen LogP contribution in [0.1, 0.15) is 35.7 Å². The Morgan fingerprint density at radius 3 is 2.70 bits per heavy atom. The van der Waals surface area contributed by atoms with Crippen molar-refractivity contribution in [3.8, 4) is 0 Å². The zero-order chi connectivity index (χ0) is 14.9. The number of rotatable bonds is 5. The summed E-state index contributed by atoms with van der Waals surface area (Å²) in [7, 11) is 4.12. The van der Waals surface area contributed by atoms with Gasteiger partial charge in [-0.25, -0.2) is 4.79 Å². The molecule has 1 aliphatic heterocycles. The highest BCUT2D eigenvalue weighted by Gasteiger charge is 2.31. The number of hydrogen-bond acceptors (Lipinski definition) is 3. The molecule has 1 aromatic carbocycles. The molecule has 1 unspecified atom stereocenters. The van der Waals surface area contributed by atoms with Crippen molar-refractivity contribution in [3.05, 3.63) is 29.3 Å². The van der Waals surface area contributed by atoms with E-state index in [-0.39, 0.29) is 0 Å². The third kappa shape index (κ3) is 2.96. The number of aromatic carboxylic acids is 1. The molecule has 4 heteroatoms. The fraction of sp³-hybridized carbons (Fsp3) is 0.562. The molecule has 20 heavy (non-hydrogen) atoms. The smallest absolute Gasteiger partial charge is 0.335 e. The lowest BCUT2D eigenvalue weighted by atomic mass is 9.90. The predicted molar refractivity (Wildman–Crippen MR) is 81.7 cm³/mol. The number of carbonyl (C=O) groups is 1. The van der Waals surface area contributed by atoms with Crippen LogP contribution in [0.5, 0.6) is 0 Å². The van der Waals surface area contributed by atoms with E-state index in [1.54, 1.807) is 6.07 Å². The summed E-state index contributed by atoms with van der Waals surface area (Å²) < 4.78 is 0. The number of hydrogen-bond donors (Lipinski definition) is 1. The molecule has 1 N–H and O–H groups in total. The molecule has 0 saturated carbocycles. The number of anilines is 1. The van der Waals surface area contributed by atoms with Gasteiger partial charge in [0.2, 0.25) is 0 Å². The first-order valence-electron chi connectivity index (χ1n) is 7.17. The van der Waals surface area contributed by atoms with E-state index in [0.29, 0.717) is 17.4 Å². The Labute approximate surface area is 121 Å². The van der Waals surface area contributed by atoms with Gasteiger partial charge in [0.15, 0.2) is 0 Å². The molecule has 1 heterocycles. The van der Waals surface area contributed by atoms with E-state index >= 15 is 0 Å². The Hall–Kier alpha value is -1.55. The van der Waals surface area contributed by atoms with E-state index in [0.717, 1.165) is 25.3 Å². The topological polar surface area (TPSA) is 43.8 Å². The molecular weight excluding hydrogens is 252 g/mol. The normalized spacial score (nSPS) is 17.9. The third-order valence-electron chi connectivity index (χ3n) is 4.06. The highest BCUT2D eigenvalue weighted by Crippen LogP contribution is 2.40. The lowest BCUT2D eigenvalue weighted by Crippen LogP contribution is -2.31. The average molecular weight is 276 g/mol. The van der Waals surface area contributed by atoms with Crippen LogP contribution in [0.3, 0.4) is 0 Å². The summed E-state index contributed by atoms with van der Waals surface area (Å²) in [5.41, 5.74) is 2.78. The van der Waals surface area contributed by atoms with Crippen LogP contribution in [-0.2, 0) is 0 Å². The first-order chi connectivity index (χ1) is 9.40. The number of likely N-dealkylation sites (N-methyl/N-ethyl adjacent to an activating group) is 1. The molecule has 1 aliphatic rings. The zero-order valence-electron chi connectivity index (χ0n) is 12.8. The van der Waals surface area contributed by atoms with Gasteiger partial charge in [-0.1, -0.05) is 19.9 Å². The van der Waals surface area contributed by atoms with Gasteiger partial charge in [0.1, 0.15) is 0 Å². The maximum absolute atomic E-state index is 11.2. The average Bonchev–Trinajstić information content (AvgIpc) is 2.74. The molecule has 0 radical (unpaired) electrons. The van der Waals surface area contributed by atoms with Gasteiger partial charge >= 0.3 is 5.97 Å². The molecule has 1 aromatic rings. The van der Waals surface area contributed by atoms with Crippen LogP contribution < -0.4 is 4.90 Å². The molecule has 2 rings (SSSR count). The van der Waals surface area contributed by atoms with Crippen molar-refractivity contribution in [2.45, 2.75) is 19.8 Å². The van der Waals surface area contributed by atoms with E-state index in [9.17, 15) is 4.79 Å². The molecule has 0 aliphatic carbocycles. The van der Waals surface area contributed by atoms with Crippen LogP contribution in [0.2, 0.25) is 0 Å². The van der Waals surface area contributed by atoms with Crippen molar-refractivity contribution in [2.75, 3.05) is 38.6 Å². The predicted octanol–water partition coefficient (Wildman–Crippen LogP) is 2.51. The number of carboxylic acid groups (broad SMARTS) is 1. The Balaban J connectivity index is 2.31. The van der Waals surface area contributed by atoms with Crippen LogP contribution in [-0.4, -0.2) is 49.7 Å². The van der Waals surface area contributed by atoms with Gasteiger partial charge in [0.05, 0.1) is 5.56 Å². The lowest BCUT2D eigenvalue weighted by Gasteiger charge is -2.23. The van der Waals surface area contributed by atoms with Crippen molar-refractivity contribution in [1.29, 1.82) is 0 Å². The lowest BCUT2D eigenvalue weighted by molar-refractivity contribution is 0.0697.